The quantitative estimate of drug-likeness (QED) is 0.625. The number of aromatic nitrogens is 6. The van der Waals surface area contributed by atoms with Crippen molar-refractivity contribution < 1.29 is 4.79 Å². The molecule has 10 heteroatoms. The van der Waals surface area contributed by atoms with E-state index in [1.165, 1.54) is 6.20 Å². The number of nitrogens with one attached hydrogen (secondary N) is 2. The Hall–Kier alpha value is -3.74. The molecule has 160 valence electrons. The zero-order chi connectivity index (χ0) is 22.2. The summed E-state index contributed by atoms with van der Waals surface area (Å²) >= 11 is 0. The second-order valence-corrected chi connectivity index (χ2v) is 8.28. The molecule has 0 bridgehead atoms. The van der Waals surface area contributed by atoms with Gasteiger partial charge in [0, 0.05) is 42.1 Å². The van der Waals surface area contributed by atoms with Gasteiger partial charge in [-0.1, -0.05) is 0 Å². The van der Waals surface area contributed by atoms with Crippen LogP contribution in [0.1, 0.15) is 42.1 Å². The van der Waals surface area contributed by atoms with Gasteiger partial charge < -0.3 is 10.2 Å². The minimum absolute atomic E-state index is 0.0317. The summed E-state index contributed by atoms with van der Waals surface area (Å²) in [5, 5.41) is 24.0. The van der Waals surface area contributed by atoms with Crippen LogP contribution in [0, 0.1) is 25.2 Å². The van der Waals surface area contributed by atoms with Gasteiger partial charge in [0.2, 0.25) is 0 Å². The van der Waals surface area contributed by atoms with Crippen molar-refractivity contribution >= 4 is 11.7 Å². The third-order valence-corrected chi connectivity index (χ3v) is 5.50. The third kappa shape index (κ3) is 3.74. The first-order valence-corrected chi connectivity index (χ1v) is 10.1. The van der Waals surface area contributed by atoms with Crippen molar-refractivity contribution in [1.29, 1.82) is 5.26 Å². The molecule has 4 heterocycles. The van der Waals surface area contributed by atoms with Gasteiger partial charge in [-0.25, -0.2) is 9.97 Å². The van der Waals surface area contributed by atoms with E-state index >= 15 is 0 Å². The van der Waals surface area contributed by atoms with Crippen molar-refractivity contribution in [3.63, 3.8) is 0 Å². The molecule has 10 nitrogen and oxygen atoms in total. The van der Waals surface area contributed by atoms with Crippen molar-refractivity contribution in [1.82, 2.24) is 35.3 Å². The molecule has 0 saturated carbocycles. The average Bonchev–Trinajstić information content (AvgIpc) is 3.29. The second kappa shape index (κ2) is 7.83. The van der Waals surface area contributed by atoms with Gasteiger partial charge in [0.15, 0.2) is 0 Å². The van der Waals surface area contributed by atoms with E-state index in [2.05, 4.69) is 31.6 Å². The SMILES string of the molecule is Cc1nn(C2(CC#N)CN(c3cnc(C(=O)NC(C)C)cn3)C2)cc1-c1cn[nH]c1C. The summed E-state index contributed by atoms with van der Waals surface area (Å²) in [4.78, 5) is 22.8. The highest BCUT2D eigenvalue weighted by Gasteiger charge is 2.46. The van der Waals surface area contributed by atoms with Crippen LogP contribution in [0.3, 0.4) is 0 Å². The number of H-pyrrole nitrogens is 1. The monoisotopic (exact) mass is 419 g/mol. The molecule has 3 aromatic heterocycles. The Morgan fingerprint density at radius 1 is 1.26 bits per heavy atom. The Labute approximate surface area is 180 Å². The zero-order valence-electron chi connectivity index (χ0n) is 18.0. The number of aryl methyl sites for hydroxylation is 2. The number of anilines is 1. The summed E-state index contributed by atoms with van der Waals surface area (Å²) in [6, 6.07) is 2.33. The van der Waals surface area contributed by atoms with E-state index in [-0.39, 0.29) is 17.6 Å². The molecule has 1 aliphatic heterocycles. The largest absolute Gasteiger partial charge is 0.350 e. The van der Waals surface area contributed by atoms with Gasteiger partial charge in [-0.3, -0.25) is 14.6 Å². The number of nitriles is 1. The first-order valence-electron chi connectivity index (χ1n) is 10.1. The van der Waals surface area contributed by atoms with Gasteiger partial charge >= 0.3 is 0 Å². The van der Waals surface area contributed by atoms with E-state index in [9.17, 15) is 10.1 Å². The molecule has 1 saturated heterocycles. The third-order valence-electron chi connectivity index (χ3n) is 5.50. The van der Waals surface area contributed by atoms with Crippen molar-refractivity contribution in [2.75, 3.05) is 18.0 Å². The molecule has 1 aliphatic rings. The Morgan fingerprint density at radius 2 is 2.03 bits per heavy atom. The maximum Gasteiger partial charge on any atom is 0.271 e. The van der Waals surface area contributed by atoms with Gasteiger partial charge in [0.1, 0.15) is 17.1 Å². The first kappa shape index (κ1) is 20.5. The fourth-order valence-corrected chi connectivity index (χ4v) is 3.84. The topological polar surface area (TPSA) is 128 Å². The summed E-state index contributed by atoms with van der Waals surface area (Å²) in [5.41, 5.74) is 3.72. The fourth-order valence-electron chi connectivity index (χ4n) is 3.84. The van der Waals surface area contributed by atoms with Crippen molar-refractivity contribution in [3.05, 3.63) is 41.9 Å². The summed E-state index contributed by atoms with van der Waals surface area (Å²) in [5.74, 6) is 0.426. The van der Waals surface area contributed by atoms with Gasteiger partial charge in [0.05, 0.1) is 36.8 Å². The van der Waals surface area contributed by atoms with Crippen molar-refractivity contribution in [2.45, 2.75) is 45.7 Å². The van der Waals surface area contributed by atoms with Crippen LogP contribution in [0.4, 0.5) is 5.82 Å². The standard InChI is InChI=1S/C21H25N9O/c1-13(2)26-20(31)18-8-24-19(9-23-18)29-11-21(12-29,5-6-22)30-10-17(15(4)28-30)16-7-25-27-14(16)3/h7-10,13H,5,11-12H2,1-4H3,(H,25,27)(H,26,31). The Balaban J connectivity index is 1.53. The second-order valence-electron chi connectivity index (χ2n) is 8.28. The fraction of sp³-hybridized carbons (Fsp3) is 0.429. The molecule has 0 aromatic carbocycles. The predicted molar refractivity (Wildman–Crippen MR) is 114 cm³/mol. The van der Waals surface area contributed by atoms with Crippen molar-refractivity contribution in [3.8, 4) is 17.2 Å². The first-order chi connectivity index (χ1) is 14.8. The summed E-state index contributed by atoms with van der Waals surface area (Å²) in [6.45, 7) is 8.88. The number of rotatable bonds is 6. The smallest absolute Gasteiger partial charge is 0.271 e. The lowest BCUT2D eigenvalue weighted by Crippen LogP contribution is -2.63. The van der Waals surface area contributed by atoms with Crippen LogP contribution in [0.2, 0.25) is 0 Å². The van der Waals surface area contributed by atoms with E-state index < -0.39 is 5.54 Å². The van der Waals surface area contributed by atoms with Crippen LogP contribution in [-0.2, 0) is 5.54 Å². The molecule has 1 amide bonds. The normalized spacial score (nSPS) is 14.9. The minimum atomic E-state index is -0.440. The lowest BCUT2D eigenvalue weighted by Gasteiger charge is -2.49. The molecule has 1 fully saturated rings. The molecule has 3 aromatic rings. The van der Waals surface area contributed by atoms with E-state index in [0.717, 1.165) is 22.5 Å². The van der Waals surface area contributed by atoms with E-state index in [1.807, 2.05) is 43.5 Å². The number of amides is 1. The van der Waals surface area contributed by atoms with E-state index in [1.54, 1.807) is 12.4 Å². The lowest BCUT2D eigenvalue weighted by molar-refractivity contribution is 0.0937. The van der Waals surface area contributed by atoms with Crippen LogP contribution in [0.15, 0.2) is 24.8 Å². The van der Waals surface area contributed by atoms with Crippen LogP contribution in [0.25, 0.3) is 11.1 Å². The average molecular weight is 419 g/mol. The number of nitrogens with zero attached hydrogens (tertiary/aromatic N) is 7. The number of carbonyl (C=O) groups excluding carboxylic acids is 1. The lowest BCUT2D eigenvalue weighted by atomic mass is 9.87. The van der Waals surface area contributed by atoms with Crippen LogP contribution in [0.5, 0.6) is 0 Å². The predicted octanol–water partition coefficient (Wildman–Crippen LogP) is 1.95. The van der Waals surface area contributed by atoms with E-state index in [0.29, 0.717) is 25.3 Å². The molecular weight excluding hydrogens is 394 g/mol. The molecular formula is C21H25N9O. The highest BCUT2D eigenvalue weighted by atomic mass is 16.1. The molecule has 2 N–H and O–H groups in total. The summed E-state index contributed by atoms with van der Waals surface area (Å²) in [7, 11) is 0. The molecule has 0 unspecified atom stereocenters. The number of carbonyl (C=O) groups is 1. The summed E-state index contributed by atoms with van der Waals surface area (Å²) < 4.78 is 1.90. The summed E-state index contributed by atoms with van der Waals surface area (Å²) in [6.07, 6.45) is 7.19. The zero-order valence-corrected chi connectivity index (χ0v) is 18.0. The molecule has 0 atom stereocenters. The van der Waals surface area contributed by atoms with Gasteiger partial charge in [-0.15, -0.1) is 0 Å². The maximum absolute atomic E-state index is 12.1. The highest BCUT2D eigenvalue weighted by Crippen LogP contribution is 2.36. The number of aromatic amines is 1. The van der Waals surface area contributed by atoms with Gasteiger partial charge in [-0.2, -0.15) is 15.5 Å². The van der Waals surface area contributed by atoms with Gasteiger partial charge in [0.25, 0.3) is 5.91 Å². The van der Waals surface area contributed by atoms with E-state index in [4.69, 9.17) is 5.10 Å². The Bertz CT molecular complexity index is 1130. The molecule has 4 rings (SSSR count). The number of hydrogen-bond donors (Lipinski definition) is 2. The van der Waals surface area contributed by atoms with Crippen LogP contribution in [-0.4, -0.2) is 55.0 Å². The van der Waals surface area contributed by atoms with Crippen LogP contribution < -0.4 is 10.2 Å². The molecule has 31 heavy (non-hydrogen) atoms. The number of hydrogen-bond acceptors (Lipinski definition) is 7. The van der Waals surface area contributed by atoms with Crippen LogP contribution >= 0.6 is 0 Å². The highest BCUT2D eigenvalue weighted by molar-refractivity contribution is 5.92. The Kier molecular flexibility index (Phi) is 5.19. The van der Waals surface area contributed by atoms with Gasteiger partial charge in [-0.05, 0) is 27.7 Å². The minimum Gasteiger partial charge on any atom is -0.350 e. The maximum atomic E-state index is 12.1. The molecule has 0 aliphatic carbocycles. The van der Waals surface area contributed by atoms with Crippen molar-refractivity contribution in [2.24, 2.45) is 0 Å². The molecule has 0 radical (unpaired) electrons. The molecule has 0 spiro atoms. The Morgan fingerprint density at radius 3 is 2.61 bits per heavy atom.